The molecule has 3 aromatic rings. The fraction of sp³-hybridized carbons (Fsp3) is 0.188. The molecule has 1 saturated carbocycles. The molecule has 3 aromatic heterocycles. The van der Waals surface area contributed by atoms with Gasteiger partial charge in [-0.3, -0.25) is 5.10 Å². The van der Waals surface area contributed by atoms with Crippen LogP contribution in [0.25, 0.3) is 16.8 Å². The summed E-state index contributed by atoms with van der Waals surface area (Å²) in [6.07, 6.45) is 5.64. The number of hydrogen-bond acceptors (Lipinski definition) is 7. The molecule has 4 rings (SSSR count). The highest BCUT2D eigenvalue weighted by molar-refractivity contribution is 7.91. The number of nitrogens with zero attached hydrogens (tertiary/aromatic N) is 3. The first-order valence-electron chi connectivity index (χ1n) is 7.89. The summed E-state index contributed by atoms with van der Waals surface area (Å²) in [7, 11) is -3.74. The lowest BCUT2D eigenvalue weighted by molar-refractivity contribution is 0.600. The Hall–Kier alpha value is -2.56. The lowest BCUT2D eigenvalue weighted by Gasteiger charge is -2.07. The van der Waals surface area contributed by atoms with Crippen molar-refractivity contribution in [1.82, 2.24) is 20.2 Å². The predicted molar refractivity (Wildman–Crippen MR) is 101 cm³/mol. The minimum Gasteiger partial charge on any atom is -0.323 e. The van der Waals surface area contributed by atoms with Crippen molar-refractivity contribution >= 4 is 39.1 Å². The molecule has 0 saturated heterocycles. The van der Waals surface area contributed by atoms with Gasteiger partial charge in [0.2, 0.25) is 10.0 Å². The summed E-state index contributed by atoms with van der Waals surface area (Å²) in [5, 5.41) is 15.6. The number of aromatic nitrogens is 4. The van der Waals surface area contributed by atoms with Crippen LogP contribution in [-0.4, -0.2) is 28.6 Å². The van der Waals surface area contributed by atoms with Crippen molar-refractivity contribution in [1.29, 1.82) is 0 Å². The molecule has 8 nitrogen and oxygen atoms in total. The van der Waals surface area contributed by atoms with Crippen LogP contribution in [0.3, 0.4) is 0 Å². The third-order valence-electron chi connectivity index (χ3n) is 3.98. The summed E-state index contributed by atoms with van der Waals surface area (Å²) in [6.45, 7) is 3.77. The first kappa shape index (κ1) is 16.9. The van der Waals surface area contributed by atoms with E-state index in [0.29, 0.717) is 33.8 Å². The summed E-state index contributed by atoms with van der Waals surface area (Å²) < 4.78 is 23.0. The Balaban J connectivity index is 1.66. The van der Waals surface area contributed by atoms with Gasteiger partial charge in [0.15, 0.2) is 11.6 Å². The summed E-state index contributed by atoms with van der Waals surface area (Å²) in [5.41, 5.74) is 1.82. The van der Waals surface area contributed by atoms with Crippen molar-refractivity contribution in [3.05, 3.63) is 42.2 Å². The van der Waals surface area contributed by atoms with Crippen LogP contribution >= 0.6 is 11.3 Å². The van der Waals surface area contributed by atoms with Crippen molar-refractivity contribution in [2.24, 2.45) is 5.14 Å². The Bertz CT molecular complexity index is 1080. The van der Waals surface area contributed by atoms with Crippen molar-refractivity contribution in [2.45, 2.75) is 23.0 Å². The third kappa shape index (κ3) is 3.39. The molecule has 0 aliphatic heterocycles. The van der Waals surface area contributed by atoms with Crippen molar-refractivity contribution in [3.8, 4) is 10.7 Å². The monoisotopic (exact) mass is 388 g/mol. The average Bonchev–Trinajstić information content (AvgIpc) is 3.14. The zero-order valence-electron chi connectivity index (χ0n) is 13.6. The van der Waals surface area contributed by atoms with Crippen LogP contribution in [0, 0.1) is 0 Å². The first-order valence-corrected chi connectivity index (χ1v) is 10.2. The average molecular weight is 388 g/mol. The molecule has 4 N–H and O–H groups in total. The second-order valence-corrected chi connectivity index (χ2v) is 8.85. The molecule has 1 aliphatic rings. The molecule has 0 atom stereocenters. The lowest BCUT2D eigenvalue weighted by atomic mass is 10.3. The number of rotatable bonds is 6. The fourth-order valence-electron chi connectivity index (χ4n) is 2.48. The molecule has 10 heteroatoms. The minimum absolute atomic E-state index is 0.0692. The van der Waals surface area contributed by atoms with Gasteiger partial charge >= 0.3 is 0 Å². The van der Waals surface area contributed by atoms with E-state index in [1.807, 2.05) is 6.07 Å². The molecule has 1 aliphatic carbocycles. The molecule has 0 unspecified atom stereocenters. The van der Waals surface area contributed by atoms with Gasteiger partial charge in [0, 0.05) is 29.4 Å². The number of aromatic amines is 1. The molecule has 134 valence electrons. The predicted octanol–water partition coefficient (Wildman–Crippen LogP) is 2.84. The molecule has 0 spiro atoms. The first-order chi connectivity index (χ1) is 12.4. The standard InChI is InChI=1S/C16H16N6O2S2/c1-2-9-8-18-16(12-5-6-14(25-12)26(17,23)24)20-15(9)19-13-7-11(21-22-13)10-3-4-10/h2,5-8,10H,1,3-4H2,(H2,17,23,24)(H2,18,19,20,21,22). The van der Waals surface area contributed by atoms with Crippen molar-refractivity contribution in [2.75, 3.05) is 5.32 Å². The Morgan fingerprint density at radius 2 is 2.19 bits per heavy atom. The van der Waals surface area contributed by atoms with Crippen molar-refractivity contribution in [3.63, 3.8) is 0 Å². The van der Waals surface area contributed by atoms with Crippen molar-refractivity contribution < 1.29 is 8.42 Å². The topological polar surface area (TPSA) is 127 Å². The molecule has 0 amide bonds. The van der Waals surface area contributed by atoms with Gasteiger partial charge in [-0.05, 0) is 25.0 Å². The van der Waals surface area contributed by atoms with E-state index in [4.69, 9.17) is 5.14 Å². The number of hydrogen-bond donors (Lipinski definition) is 3. The largest absolute Gasteiger partial charge is 0.323 e. The highest BCUT2D eigenvalue weighted by Gasteiger charge is 2.25. The Labute approximate surface area is 154 Å². The van der Waals surface area contributed by atoms with E-state index in [1.165, 1.54) is 18.9 Å². The number of nitrogens with one attached hydrogen (secondary N) is 2. The van der Waals surface area contributed by atoms with Crippen LogP contribution in [-0.2, 0) is 10.0 Å². The SMILES string of the molecule is C=Cc1cnc(-c2ccc(S(N)(=O)=O)s2)nc1Nc1cc(C2CC2)[nH]n1. The highest BCUT2D eigenvalue weighted by Crippen LogP contribution is 2.39. The van der Waals surface area contributed by atoms with Crippen LogP contribution in [0.15, 0.2) is 35.2 Å². The quantitative estimate of drug-likeness (QED) is 0.596. The number of anilines is 2. The van der Waals surface area contributed by atoms with E-state index in [0.717, 1.165) is 17.0 Å². The zero-order chi connectivity index (χ0) is 18.3. The molecule has 0 bridgehead atoms. The van der Waals surface area contributed by atoms with E-state index < -0.39 is 10.0 Å². The second kappa shape index (κ2) is 6.31. The normalized spacial score (nSPS) is 14.3. The van der Waals surface area contributed by atoms with Gasteiger partial charge in [0.05, 0.1) is 4.88 Å². The second-order valence-electron chi connectivity index (χ2n) is 5.97. The Morgan fingerprint density at radius 1 is 1.38 bits per heavy atom. The molecule has 3 heterocycles. The number of nitrogens with two attached hydrogens (primary N) is 1. The zero-order valence-corrected chi connectivity index (χ0v) is 15.3. The fourth-order valence-corrected chi connectivity index (χ4v) is 4.15. The molecule has 1 fully saturated rings. The van der Waals surface area contributed by atoms with E-state index in [1.54, 1.807) is 18.3 Å². The van der Waals surface area contributed by atoms with Crippen LogP contribution in [0.2, 0.25) is 0 Å². The van der Waals surface area contributed by atoms with Gasteiger partial charge in [-0.2, -0.15) is 5.10 Å². The van der Waals surface area contributed by atoms with Gasteiger partial charge < -0.3 is 5.32 Å². The molecular weight excluding hydrogens is 372 g/mol. The van der Waals surface area contributed by atoms with E-state index >= 15 is 0 Å². The van der Waals surface area contributed by atoms with Crippen LogP contribution in [0.5, 0.6) is 0 Å². The van der Waals surface area contributed by atoms with E-state index in [9.17, 15) is 8.42 Å². The number of H-pyrrole nitrogens is 1. The summed E-state index contributed by atoms with van der Waals surface area (Å²) >= 11 is 1.02. The Morgan fingerprint density at radius 3 is 2.85 bits per heavy atom. The summed E-state index contributed by atoms with van der Waals surface area (Å²) in [5.74, 6) is 2.18. The number of primary sulfonamides is 1. The van der Waals surface area contributed by atoms with Gasteiger partial charge in [-0.25, -0.2) is 23.5 Å². The molecule has 0 radical (unpaired) electrons. The van der Waals surface area contributed by atoms with E-state index in [-0.39, 0.29) is 4.21 Å². The maximum absolute atomic E-state index is 11.5. The molecule has 0 aromatic carbocycles. The smallest absolute Gasteiger partial charge is 0.247 e. The minimum atomic E-state index is -3.74. The maximum atomic E-state index is 11.5. The Kier molecular flexibility index (Phi) is 4.10. The van der Waals surface area contributed by atoms with E-state index in [2.05, 4.69) is 32.1 Å². The maximum Gasteiger partial charge on any atom is 0.247 e. The van der Waals surface area contributed by atoms with Gasteiger partial charge in [0.25, 0.3) is 0 Å². The van der Waals surface area contributed by atoms with Crippen LogP contribution in [0.4, 0.5) is 11.6 Å². The third-order valence-corrected chi connectivity index (χ3v) is 6.50. The number of thiophene rings is 1. The lowest BCUT2D eigenvalue weighted by Crippen LogP contribution is -2.09. The van der Waals surface area contributed by atoms with Crippen LogP contribution < -0.4 is 10.5 Å². The summed E-state index contributed by atoms with van der Waals surface area (Å²) in [4.78, 5) is 9.39. The van der Waals surface area contributed by atoms with Gasteiger partial charge in [-0.1, -0.05) is 12.7 Å². The number of sulfonamides is 1. The van der Waals surface area contributed by atoms with Gasteiger partial charge in [0.1, 0.15) is 10.0 Å². The van der Waals surface area contributed by atoms with Gasteiger partial charge in [-0.15, -0.1) is 11.3 Å². The van der Waals surface area contributed by atoms with Crippen LogP contribution in [0.1, 0.15) is 30.0 Å². The summed E-state index contributed by atoms with van der Waals surface area (Å²) in [6, 6.07) is 5.05. The molecule has 26 heavy (non-hydrogen) atoms. The molecular formula is C16H16N6O2S2. The highest BCUT2D eigenvalue weighted by atomic mass is 32.2.